The van der Waals surface area contributed by atoms with E-state index < -0.39 is 11.9 Å². The van der Waals surface area contributed by atoms with E-state index in [4.69, 9.17) is 11.6 Å². The van der Waals surface area contributed by atoms with Crippen molar-refractivity contribution < 1.29 is 14.0 Å². The van der Waals surface area contributed by atoms with Crippen molar-refractivity contribution in [2.45, 2.75) is 25.9 Å². The van der Waals surface area contributed by atoms with E-state index in [9.17, 15) is 14.0 Å². The van der Waals surface area contributed by atoms with Crippen LogP contribution >= 0.6 is 27.5 Å². The Morgan fingerprint density at radius 3 is 2.58 bits per heavy atom. The number of hydrogen-bond donors (Lipinski definition) is 1. The van der Waals surface area contributed by atoms with Crippen molar-refractivity contribution in [3.8, 4) is 0 Å². The van der Waals surface area contributed by atoms with Gasteiger partial charge >= 0.3 is 0 Å². The molecule has 4 nitrogen and oxygen atoms in total. The van der Waals surface area contributed by atoms with E-state index in [1.165, 1.54) is 30.1 Å². The third-order valence-corrected chi connectivity index (χ3v) is 4.89. The quantitative estimate of drug-likeness (QED) is 0.738. The molecule has 2 amide bonds. The van der Waals surface area contributed by atoms with Gasteiger partial charge in [-0.2, -0.15) is 0 Å². The summed E-state index contributed by atoms with van der Waals surface area (Å²) in [6, 6.07) is 11.0. The molecule has 2 aromatic carbocycles. The number of carbonyl (C=O) groups excluding carboxylic acids is 2. The lowest BCUT2D eigenvalue weighted by atomic mass is 10.1. The number of carbonyl (C=O) groups is 2. The molecule has 0 unspecified atom stereocenters. The Bertz CT molecular complexity index is 796. The van der Waals surface area contributed by atoms with Gasteiger partial charge in [0.2, 0.25) is 11.8 Å². The summed E-state index contributed by atoms with van der Waals surface area (Å²) in [7, 11) is 1.51. The third-order valence-electron chi connectivity index (χ3n) is 4.05. The molecule has 0 aliphatic heterocycles. The van der Waals surface area contributed by atoms with Crippen molar-refractivity contribution in [1.29, 1.82) is 0 Å². The minimum absolute atomic E-state index is 0.127. The molecular weight excluding hydrogens is 423 g/mol. The van der Waals surface area contributed by atoms with Crippen LogP contribution in [-0.4, -0.2) is 29.8 Å². The number of amides is 2. The maximum atomic E-state index is 14.0. The first kappa shape index (κ1) is 20.4. The second kappa shape index (κ2) is 9.14. The van der Waals surface area contributed by atoms with Crippen LogP contribution in [0.15, 0.2) is 46.9 Å². The summed E-state index contributed by atoms with van der Waals surface area (Å²) in [4.78, 5) is 26.4. The average molecular weight is 442 g/mol. The molecule has 0 fully saturated rings. The Balaban J connectivity index is 2.30. The molecule has 0 bridgehead atoms. The molecule has 0 aliphatic rings. The van der Waals surface area contributed by atoms with Crippen molar-refractivity contribution in [2.24, 2.45) is 0 Å². The topological polar surface area (TPSA) is 49.4 Å². The van der Waals surface area contributed by atoms with Crippen LogP contribution in [0.3, 0.4) is 0 Å². The number of nitrogens with one attached hydrogen (secondary N) is 1. The van der Waals surface area contributed by atoms with Gasteiger partial charge in [0, 0.05) is 28.7 Å². The summed E-state index contributed by atoms with van der Waals surface area (Å²) in [5.74, 6) is -1.22. The highest BCUT2D eigenvalue weighted by Crippen LogP contribution is 2.22. The first-order chi connectivity index (χ1) is 12.3. The summed E-state index contributed by atoms with van der Waals surface area (Å²) in [5.41, 5.74) is 0.977. The van der Waals surface area contributed by atoms with Gasteiger partial charge in [-0.15, -0.1) is 0 Å². The summed E-state index contributed by atoms with van der Waals surface area (Å²) in [5, 5.41) is 2.73. The molecule has 0 saturated carbocycles. The van der Waals surface area contributed by atoms with E-state index in [0.29, 0.717) is 0 Å². The second-order valence-electron chi connectivity index (χ2n) is 5.82. The van der Waals surface area contributed by atoms with Crippen molar-refractivity contribution >= 4 is 39.3 Å². The minimum atomic E-state index is -0.711. The van der Waals surface area contributed by atoms with Crippen molar-refractivity contribution in [1.82, 2.24) is 10.2 Å². The van der Waals surface area contributed by atoms with Gasteiger partial charge in [-0.3, -0.25) is 9.59 Å². The number of nitrogens with zero attached hydrogens (tertiary/aromatic N) is 1. The van der Waals surface area contributed by atoms with E-state index in [0.717, 1.165) is 10.0 Å². The first-order valence-corrected chi connectivity index (χ1v) is 9.19. The fourth-order valence-electron chi connectivity index (χ4n) is 2.58. The average Bonchev–Trinajstić information content (AvgIpc) is 2.61. The third kappa shape index (κ3) is 5.05. The highest BCUT2D eigenvalue weighted by atomic mass is 79.9. The number of halogens is 3. The van der Waals surface area contributed by atoms with Crippen molar-refractivity contribution in [3.63, 3.8) is 0 Å². The van der Waals surface area contributed by atoms with E-state index in [-0.39, 0.29) is 35.4 Å². The molecule has 1 N–H and O–H groups in total. The molecule has 0 heterocycles. The lowest BCUT2D eigenvalue weighted by Crippen LogP contribution is -2.47. The van der Waals surface area contributed by atoms with Gasteiger partial charge in [0.25, 0.3) is 0 Å². The van der Waals surface area contributed by atoms with Crippen molar-refractivity contribution in [3.05, 3.63) is 68.9 Å². The largest absolute Gasteiger partial charge is 0.357 e. The Morgan fingerprint density at radius 1 is 1.27 bits per heavy atom. The van der Waals surface area contributed by atoms with Crippen LogP contribution in [0.5, 0.6) is 0 Å². The predicted molar refractivity (Wildman–Crippen MR) is 103 cm³/mol. The van der Waals surface area contributed by atoms with Crippen molar-refractivity contribution in [2.75, 3.05) is 7.05 Å². The molecule has 0 aliphatic carbocycles. The molecule has 0 saturated heterocycles. The minimum Gasteiger partial charge on any atom is -0.357 e. The molecule has 0 spiro atoms. The fourth-order valence-corrected chi connectivity index (χ4v) is 3.25. The number of rotatable bonds is 6. The Labute approximate surface area is 165 Å². The van der Waals surface area contributed by atoms with Gasteiger partial charge in [0.1, 0.15) is 11.9 Å². The summed E-state index contributed by atoms with van der Waals surface area (Å²) in [6.07, 6.45) is -0.221. The van der Waals surface area contributed by atoms with Gasteiger partial charge in [0.05, 0.1) is 6.42 Å². The maximum absolute atomic E-state index is 14.0. The zero-order chi connectivity index (χ0) is 19.3. The zero-order valence-corrected chi connectivity index (χ0v) is 16.8. The Morgan fingerprint density at radius 2 is 1.96 bits per heavy atom. The number of benzene rings is 2. The normalized spacial score (nSPS) is 11.7. The molecule has 0 radical (unpaired) electrons. The lowest BCUT2D eigenvalue weighted by molar-refractivity contribution is -0.139. The summed E-state index contributed by atoms with van der Waals surface area (Å²) in [6.45, 7) is 1.86. The first-order valence-electron chi connectivity index (χ1n) is 8.02. The van der Waals surface area contributed by atoms with Gasteiger partial charge in [-0.25, -0.2) is 4.39 Å². The van der Waals surface area contributed by atoms with E-state index in [2.05, 4.69) is 21.2 Å². The van der Waals surface area contributed by atoms with Crippen LogP contribution in [0.2, 0.25) is 5.02 Å². The Hall–Kier alpha value is -1.92. The molecule has 1 atom stereocenters. The molecule has 26 heavy (non-hydrogen) atoms. The highest BCUT2D eigenvalue weighted by molar-refractivity contribution is 9.10. The molecule has 138 valence electrons. The number of likely N-dealkylation sites (N-methyl/N-ethyl adjacent to an activating group) is 1. The van der Waals surface area contributed by atoms with E-state index in [1.807, 2.05) is 24.3 Å². The predicted octanol–water partition coefficient (Wildman–Crippen LogP) is 3.95. The maximum Gasteiger partial charge on any atom is 0.242 e. The van der Waals surface area contributed by atoms with Gasteiger partial charge in [-0.1, -0.05) is 45.7 Å². The molecule has 2 aromatic rings. The van der Waals surface area contributed by atoms with Crippen LogP contribution in [0.25, 0.3) is 0 Å². The summed E-state index contributed by atoms with van der Waals surface area (Å²) >= 11 is 9.42. The van der Waals surface area contributed by atoms with Crippen LogP contribution in [0.4, 0.5) is 4.39 Å². The molecular formula is C19H19BrClFN2O2. The van der Waals surface area contributed by atoms with E-state index >= 15 is 0 Å². The number of hydrogen-bond acceptors (Lipinski definition) is 2. The Kier molecular flexibility index (Phi) is 7.17. The fraction of sp³-hybridized carbons (Fsp3) is 0.263. The summed E-state index contributed by atoms with van der Waals surface area (Å²) < 4.78 is 14.9. The van der Waals surface area contributed by atoms with Gasteiger partial charge in [0.15, 0.2) is 0 Å². The molecule has 2 rings (SSSR count). The van der Waals surface area contributed by atoms with Crippen LogP contribution in [0, 0.1) is 5.82 Å². The van der Waals surface area contributed by atoms with Gasteiger partial charge in [-0.05, 0) is 36.8 Å². The second-order valence-corrected chi connectivity index (χ2v) is 7.14. The highest BCUT2D eigenvalue weighted by Gasteiger charge is 2.26. The monoisotopic (exact) mass is 440 g/mol. The zero-order valence-electron chi connectivity index (χ0n) is 14.4. The standard InChI is InChI=1S/C19H19BrClFN2O2/c1-12(19(26)23-2)24(11-13-5-3-6-14(20)9-13)18(25)10-15-16(21)7-4-8-17(15)22/h3-9,12H,10-11H2,1-2H3,(H,23,26)/t12-/m0/s1. The lowest BCUT2D eigenvalue weighted by Gasteiger charge is -2.28. The molecule has 0 aromatic heterocycles. The van der Waals surface area contributed by atoms with Gasteiger partial charge < -0.3 is 10.2 Å². The van der Waals surface area contributed by atoms with Crippen LogP contribution in [0.1, 0.15) is 18.1 Å². The van der Waals surface area contributed by atoms with E-state index in [1.54, 1.807) is 6.92 Å². The smallest absolute Gasteiger partial charge is 0.242 e. The SMILES string of the molecule is CNC(=O)[C@H](C)N(Cc1cccc(Br)c1)C(=O)Cc1c(F)cccc1Cl. The van der Waals surface area contributed by atoms with Crippen LogP contribution in [-0.2, 0) is 22.6 Å². The molecule has 7 heteroatoms. The van der Waals surface area contributed by atoms with Crippen LogP contribution < -0.4 is 5.32 Å².